The summed E-state index contributed by atoms with van der Waals surface area (Å²) in [4.78, 5) is 18.5. The van der Waals surface area contributed by atoms with Gasteiger partial charge < -0.3 is 15.0 Å². The molecular weight excluding hydrogens is 302 g/mol. The number of nitrogens with one attached hydrogen (secondary N) is 1. The highest BCUT2D eigenvalue weighted by molar-refractivity contribution is 5.74. The third kappa shape index (κ3) is 4.47. The van der Waals surface area contributed by atoms with E-state index in [-0.39, 0.29) is 12.1 Å². The van der Waals surface area contributed by atoms with E-state index in [9.17, 15) is 4.79 Å². The van der Waals surface area contributed by atoms with Crippen molar-refractivity contribution in [1.29, 1.82) is 0 Å². The third-order valence-corrected chi connectivity index (χ3v) is 4.17. The molecule has 2 heterocycles. The number of piperidine rings is 1. The zero-order chi connectivity index (χ0) is 16.8. The molecule has 0 radical (unpaired) electrons. The fourth-order valence-corrected chi connectivity index (χ4v) is 2.82. The minimum atomic E-state index is -0.00835. The highest BCUT2D eigenvalue weighted by Gasteiger charge is 2.24. The van der Waals surface area contributed by atoms with Gasteiger partial charge in [-0.25, -0.2) is 9.78 Å². The Morgan fingerprint density at radius 1 is 1.17 bits per heavy atom. The minimum Gasteiger partial charge on any atom is -0.474 e. The van der Waals surface area contributed by atoms with Gasteiger partial charge in [0.05, 0.1) is 0 Å². The predicted molar refractivity (Wildman–Crippen MR) is 92.9 cm³/mol. The van der Waals surface area contributed by atoms with Crippen molar-refractivity contribution in [2.24, 2.45) is 0 Å². The smallest absolute Gasteiger partial charge is 0.317 e. The molecule has 3 rings (SSSR count). The fraction of sp³-hybridized carbons (Fsp3) is 0.368. The van der Waals surface area contributed by atoms with Gasteiger partial charge in [0.25, 0.3) is 0 Å². The molecule has 2 amide bonds. The van der Waals surface area contributed by atoms with Gasteiger partial charge in [0.1, 0.15) is 6.10 Å². The molecule has 5 nitrogen and oxygen atoms in total. The van der Waals surface area contributed by atoms with E-state index in [2.05, 4.69) is 10.3 Å². The van der Waals surface area contributed by atoms with Crippen LogP contribution >= 0.6 is 0 Å². The second-order valence-corrected chi connectivity index (χ2v) is 6.07. The average molecular weight is 325 g/mol. The van der Waals surface area contributed by atoms with Crippen LogP contribution in [0.3, 0.4) is 0 Å². The number of urea groups is 1. The molecule has 0 atom stereocenters. The minimum absolute atomic E-state index is 0.00835. The number of hydrogen-bond donors (Lipinski definition) is 1. The summed E-state index contributed by atoms with van der Waals surface area (Å²) in [6.45, 7) is 3.92. The summed E-state index contributed by atoms with van der Waals surface area (Å²) in [5, 5.41) is 2.97. The molecule has 1 aromatic carbocycles. The van der Waals surface area contributed by atoms with Crippen molar-refractivity contribution in [1.82, 2.24) is 15.2 Å². The van der Waals surface area contributed by atoms with E-state index in [0.29, 0.717) is 25.5 Å². The molecule has 0 unspecified atom stereocenters. The van der Waals surface area contributed by atoms with Gasteiger partial charge in [-0.2, -0.15) is 0 Å². The maximum absolute atomic E-state index is 12.2. The van der Waals surface area contributed by atoms with Crippen LogP contribution in [0.1, 0.15) is 24.1 Å². The van der Waals surface area contributed by atoms with Gasteiger partial charge >= 0.3 is 6.03 Å². The zero-order valence-electron chi connectivity index (χ0n) is 13.9. The molecule has 0 aliphatic carbocycles. The largest absolute Gasteiger partial charge is 0.474 e. The van der Waals surface area contributed by atoms with Crippen LogP contribution in [0.2, 0.25) is 0 Å². The topological polar surface area (TPSA) is 54.5 Å². The highest BCUT2D eigenvalue weighted by atomic mass is 16.5. The van der Waals surface area contributed by atoms with Crippen molar-refractivity contribution in [3.05, 3.63) is 59.8 Å². The first-order valence-corrected chi connectivity index (χ1v) is 8.38. The van der Waals surface area contributed by atoms with E-state index in [1.54, 1.807) is 0 Å². The molecule has 0 bridgehead atoms. The molecule has 5 heteroatoms. The summed E-state index contributed by atoms with van der Waals surface area (Å²) in [5.74, 6) is 0.668. The summed E-state index contributed by atoms with van der Waals surface area (Å²) < 4.78 is 5.92. The van der Waals surface area contributed by atoms with Crippen molar-refractivity contribution >= 4 is 6.03 Å². The van der Waals surface area contributed by atoms with Crippen molar-refractivity contribution in [3.63, 3.8) is 0 Å². The van der Waals surface area contributed by atoms with Crippen LogP contribution in [0.5, 0.6) is 5.88 Å². The van der Waals surface area contributed by atoms with Crippen molar-refractivity contribution < 1.29 is 9.53 Å². The van der Waals surface area contributed by atoms with E-state index in [0.717, 1.165) is 24.1 Å². The number of pyridine rings is 1. The number of nitrogens with zero attached hydrogens (tertiary/aromatic N) is 2. The predicted octanol–water partition coefficient (Wildman–Crippen LogP) is 3.14. The van der Waals surface area contributed by atoms with Gasteiger partial charge in [-0.05, 0) is 18.6 Å². The molecule has 2 aromatic rings. The van der Waals surface area contributed by atoms with Crippen LogP contribution < -0.4 is 10.1 Å². The lowest BCUT2D eigenvalue weighted by molar-refractivity contribution is 0.107. The van der Waals surface area contributed by atoms with Crippen molar-refractivity contribution in [2.75, 3.05) is 13.1 Å². The standard InChI is InChI=1S/C19H23N3O2/c1-15-6-5-9-18(21-15)24-17-10-12-22(13-11-17)19(23)20-14-16-7-3-2-4-8-16/h2-9,17H,10-14H2,1H3,(H,20,23). The van der Waals surface area contributed by atoms with E-state index < -0.39 is 0 Å². The lowest BCUT2D eigenvalue weighted by Gasteiger charge is -2.32. The molecule has 1 aliphatic rings. The first-order valence-electron chi connectivity index (χ1n) is 8.38. The summed E-state index contributed by atoms with van der Waals surface area (Å²) in [6, 6.07) is 15.7. The Balaban J connectivity index is 1.43. The maximum Gasteiger partial charge on any atom is 0.317 e. The first kappa shape index (κ1) is 16.3. The van der Waals surface area contributed by atoms with Crippen LogP contribution in [-0.2, 0) is 6.54 Å². The molecule has 1 aromatic heterocycles. The van der Waals surface area contributed by atoms with Crippen LogP contribution in [0, 0.1) is 6.92 Å². The summed E-state index contributed by atoms with van der Waals surface area (Å²) in [6.07, 6.45) is 1.78. The first-order chi connectivity index (χ1) is 11.7. The van der Waals surface area contributed by atoms with E-state index in [1.807, 2.05) is 60.4 Å². The molecule has 24 heavy (non-hydrogen) atoms. The molecule has 1 aliphatic heterocycles. The van der Waals surface area contributed by atoms with E-state index >= 15 is 0 Å². The van der Waals surface area contributed by atoms with E-state index in [1.165, 1.54) is 0 Å². The van der Waals surface area contributed by atoms with Crippen molar-refractivity contribution in [3.8, 4) is 5.88 Å². The zero-order valence-corrected chi connectivity index (χ0v) is 13.9. The SMILES string of the molecule is Cc1cccc(OC2CCN(C(=O)NCc3ccccc3)CC2)n1. The van der Waals surface area contributed by atoms with E-state index in [4.69, 9.17) is 4.74 Å². The Labute approximate surface area is 142 Å². The van der Waals surface area contributed by atoms with Crippen LogP contribution in [0.25, 0.3) is 0 Å². The van der Waals surface area contributed by atoms with Gasteiger partial charge in [-0.15, -0.1) is 0 Å². The Bertz CT molecular complexity index is 667. The molecule has 1 saturated heterocycles. The fourth-order valence-electron chi connectivity index (χ4n) is 2.82. The number of benzene rings is 1. The normalized spacial score (nSPS) is 15.1. The summed E-state index contributed by atoms with van der Waals surface area (Å²) in [5.41, 5.74) is 2.06. The maximum atomic E-state index is 12.2. The number of amides is 2. The highest BCUT2D eigenvalue weighted by Crippen LogP contribution is 2.17. The Morgan fingerprint density at radius 2 is 1.92 bits per heavy atom. The quantitative estimate of drug-likeness (QED) is 0.939. The molecule has 1 fully saturated rings. The number of ether oxygens (including phenoxy) is 1. The van der Waals surface area contributed by atoms with Crippen LogP contribution in [0.4, 0.5) is 4.79 Å². The Hall–Kier alpha value is -2.56. The van der Waals surface area contributed by atoms with Gasteiger partial charge in [0, 0.05) is 44.2 Å². The van der Waals surface area contributed by atoms with Gasteiger partial charge in [-0.1, -0.05) is 36.4 Å². The number of rotatable bonds is 4. The molecule has 1 N–H and O–H groups in total. The molecular formula is C19H23N3O2. The number of hydrogen-bond acceptors (Lipinski definition) is 3. The number of likely N-dealkylation sites (tertiary alicyclic amines) is 1. The average Bonchev–Trinajstić information content (AvgIpc) is 2.61. The van der Waals surface area contributed by atoms with Gasteiger partial charge in [0.2, 0.25) is 5.88 Å². The van der Waals surface area contributed by atoms with Gasteiger partial charge in [-0.3, -0.25) is 0 Å². The number of carbonyl (C=O) groups is 1. The number of aryl methyl sites for hydroxylation is 1. The Morgan fingerprint density at radius 3 is 2.62 bits per heavy atom. The van der Waals surface area contributed by atoms with Gasteiger partial charge in [0.15, 0.2) is 0 Å². The van der Waals surface area contributed by atoms with Crippen LogP contribution in [0.15, 0.2) is 48.5 Å². The molecule has 0 spiro atoms. The number of carbonyl (C=O) groups excluding carboxylic acids is 1. The van der Waals surface area contributed by atoms with Crippen molar-refractivity contribution in [2.45, 2.75) is 32.4 Å². The number of aromatic nitrogens is 1. The molecule has 0 saturated carbocycles. The second-order valence-electron chi connectivity index (χ2n) is 6.07. The van der Waals surface area contributed by atoms with Crippen LogP contribution in [-0.4, -0.2) is 35.1 Å². The third-order valence-electron chi connectivity index (χ3n) is 4.17. The second kappa shape index (κ2) is 7.81. The Kier molecular flexibility index (Phi) is 5.31. The lowest BCUT2D eigenvalue weighted by Crippen LogP contribution is -2.46. The molecule has 126 valence electrons. The summed E-state index contributed by atoms with van der Waals surface area (Å²) in [7, 11) is 0. The monoisotopic (exact) mass is 325 g/mol. The summed E-state index contributed by atoms with van der Waals surface area (Å²) >= 11 is 0. The lowest BCUT2D eigenvalue weighted by atomic mass is 10.1.